The monoisotopic (exact) mass is 373 g/mol. The summed E-state index contributed by atoms with van der Waals surface area (Å²) >= 11 is 2.48. The van der Waals surface area contributed by atoms with Gasteiger partial charge in [-0.1, -0.05) is 17.4 Å². The van der Waals surface area contributed by atoms with Gasteiger partial charge in [-0.25, -0.2) is 4.98 Å². The van der Waals surface area contributed by atoms with Gasteiger partial charge in [0, 0.05) is 22.0 Å². The van der Waals surface area contributed by atoms with Gasteiger partial charge in [-0.15, -0.1) is 11.3 Å². The average molecular weight is 374 g/mol. The van der Waals surface area contributed by atoms with Crippen molar-refractivity contribution < 1.29 is 4.79 Å². The van der Waals surface area contributed by atoms with Gasteiger partial charge in [-0.05, 0) is 50.5 Å². The average Bonchev–Trinajstić information content (AvgIpc) is 3.12. The van der Waals surface area contributed by atoms with E-state index in [0.29, 0.717) is 5.13 Å². The van der Waals surface area contributed by atoms with Gasteiger partial charge in [-0.3, -0.25) is 14.2 Å². The third-order valence-corrected chi connectivity index (χ3v) is 5.78. The first-order valence-electron chi connectivity index (χ1n) is 7.83. The molecule has 0 saturated heterocycles. The molecule has 0 atom stereocenters. The number of nitrogens with zero attached hydrogens (tertiary/aromatic N) is 2. The maximum absolute atomic E-state index is 12.2. The van der Waals surface area contributed by atoms with Crippen molar-refractivity contribution in [2.75, 3.05) is 5.32 Å². The molecule has 0 unspecified atom stereocenters. The summed E-state index contributed by atoms with van der Waals surface area (Å²) in [4.78, 5) is 28.3. The number of amides is 1. The molecule has 25 heavy (non-hydrogen) atoms. The summed E-state index contributed by atoms with van der Waals surface area (Å²) in [5.74, 6) is -0.249. The number of thiazole rings is 2. The normalized spacial score (nSPS) is 10.9. The molecule has 0 radical (unpaired) electrons. The van der Waals surface area contributed by atoms with Gasteiger partial charge >= 0.3 is 4.87 Å². The highest BCUT2D eigenvalue weighted by molar-refractivity contribution is 7.14. The molecule has 2 aromatic heterocycles. The van der Waals surface area contributed by atoms with Crippen molar-refractivity contribution >= 4 is 33.7 Å². The van der Waals surface area contributed by atoms with Crippen LogP contribution in [0, 0.1) is 27.7 Å². The molecule has 1 amide bonds. The fraction of sp³-hybridized carbons (Fsp3) is 0.278. The molecule has 130 valence electrons. The largest absolute Gasteiger partial charge is 0.307 e. The Kier molecular flexibility index (Phi) is 4.87. The summed E-state index contributed by atoms with van der Waals surface area (Å²) in [5.41, 5.74) is 6.34. The van der Waals surface area contributed by atoms with Crippen LogP contribution >= 0.6 is 22.7 Å². The Balaban J connectivity index is 1.77. The molecule has 0 aliphatic heterocycles. The van der Waals surface area contributed by atoms with Gasteiger partial charge in [0.25, 0.3) is 0 Å². The fourth-order valence-electron chi connectivity index (χ4n) is 2.59. The van der Waals surface area contributed by atoms with Crippen LogP contribution in [-0.2, 0) is 11.3 Å². The molecule has 0 saturated carbocycles. The topological polar surface area (TPSA) is 64.0 Å². The Morgan fingerprint density at radius 1 is 1.08 bits per heavy atom. The first-order valence-corrected chi connectivity index (χ1v) is 9.59. The van der Waals surface area contributed by atoms with E-state index >= 15 is 0 Å². The lowest BCUT2D eigenvalue weighted by molar-refractivity contribution is -0.116. The third-order valence-electron chi connectivity index (χ3n) is 4.15. The molecule has 0 fully saturated rings. The minimum Gasteiger partial charge on any atom is -0.300 e. The van der Waals surface area contributed by atoms with E-state index in [4.69, 9.17) is 0 Å². The molecule has 1 aromatic carbocycles. The van der Waals surface area contributed by atoms with Gasteiger partial charge in [0.15, 0.2) is 5.13 Å². The molecule has 0 aliphatic carbocycles. The van der Waals surface area contributed by atoms with Crippen molar-refractivity contribution in [3.05, 3.63) is 54.9 Å². The van der Waals surface area contributed by atoms with Crippen LogP contribution < -0.4 is 10.2 Å². The van der Waals surface area contributed by atoms with Crippen molar-refractivity contribution in [2.45, 2.75) is 34.2 Å². The smallest absolute Gasteiger partial charge is 0.300 e. The first kappa shape index (κ1) is 17.6. The third kappa shape index (κ3) is 3.72. The van der Waals surface area contributed by atoms with Crippen molar-refractivity contribution in [2.24, 2.45) is 0 Å². The van der Waals surface area contributed by atoms with Gasteiger partial charge in [-0.2, -0.15) is 0 Å². The SMILES string of the molecule is Cc1cc(C)c(-c2csc(NC(=O)Cn3c(C)csc3=O)n2)cc1C. The number of nitrogens with one attached hydrogen (secondary N) is 1. The Hall–Kier alpha value is -2.25. The van der Waals surface area contributed by atoms with Gasteiger partial charge in [0.1, 0.15) is 6.54 Å². The number of carbonyl (C=O) groups is 1. The van der Waals surface area contributed by atoms with E-state index in [1.807, 2.05) is 12.3 Å². The molecule has 3 rings (SSSR count). The molecule has 0 spiro atoms. The number of rotatable bonds is 4. The molecule has 3 aromatic rings. The van der Waals surface area contributed by atoms with Crippen LogP contribution in [0.5, 0.6) is 0 Å². The number of hydrogen-bond donors (Lipinski definition) is 1. The predicted molar refractivity (Wildman–Crippen MR) is 104 cm³/mol. The Morgan fingerprint density at radius 3 is 2.48 bits per heavy atom. The van der Waals surface area contributed by atoms with Gasteiger partial charge < -0.3 is 5.32 Å². The van der Waals surface area contributed by atoms with E-state index in [9.17, 15) is 9.59 Å². The zero-order valence-electron chi connectivity index (χ0n) is 14.5. The number of carbonyl (C=O) groups excluding carboxylic acids is 1. The Morgan fingerprint density at radius 2 is 1.80 bits per heavy atom. The second-order valence-corrected chi connectivity index (χ2v) is 7.75. The molecule has 0 aliphatic rings. The predicted octanol–water partition coefficient (Wildman–Crippen LogP) is 3.91. The number of aryl methyl sites for hydroxylation is 4. The number of benzene rings is 1. The van der Waals surface area contributed by atoms with E-state index in [-0.39, 0.29) is 17.3 Å². The fourth-order valence-corrected chi connectivity index (χ4v) is 4.05. The number of hydrogen-bond acceptors (Lipinski definition) is 5. The minimum atomic E-state index is -0.249. The summed E-state index contributed by atoms with van der Waals surface area (Å²) < 4.78 is 1.46. The van der Waals surface area contributed by atoms with E-state index in [1.54, 1.807) is 5.38 Å². The molecule has 2 heterocycles. The highest BCUT2D eigenvalue weighted by atomic mass is 32.1. The van der Waals surface area contributed by atoms with Crippen molar-refractivity contribution in [1.82, 2.24) is 9.55 Å². The van der Waals surface area contributed by atoms with Crippen molar-refractivity contribution in [3.63, 3.8) is 0 Å². The maximum Gasteiger partial charge on any atom is 0.307 e. The van der Waals surface area contributed by atoms with Crippen LogP contribution in [0.2, 0.25) is 0 Å². The van der Waals surface area contributed by atoms with E-state index in [2.05, 4.69) is 43.2 Å². The molecule has 1 N–H and O–H groups in total. The first-order chi connectivity index (χ1) is 11.8. The molecule has 0 bridgehead atoms. The second kappa shape index (κ2) is 6.93. The second-order valence-electron chi connectivity index (χ2n) is 6.07. The van der Waals surface area contributed by atoms with Crippen LogP contribution in [0.25, 0.3) is 11.3 Å². The van der Waals surface area contributed by atoms with E-state index in [1.165, 1.54) is 27.0 Å². The van der Waals surface area contributed by atoms with Crippen LogP contribution in [0.4, 0.5) is 5.13 Å². The summed E-state index contributed by atoms with van der Waals surface area (Å²) in [6, 6.07) is 4.27. The quantitative estimate of drug-likeness (QED) is 0.754. The van der Waals surface area contributed by atoms with Crippen LogP contribution in [0.15, 0.2) is 27.7 Å². The molecular weight excluding hydrogens is 354 g/mol. The molecule has 7 heteroatoms. The van der Waals surface area contributed by atoms with Crippen LogP contribution in [0.1, 0.15) is 22.4 Å². The summed E-state index contributed by atoms with van der Waals surface area (Å²) in [6.45, 7) is 8.05. The summed E-state index contributed by atoms with van der Waals surface area (Å²) in [5, 5.41) is 7.01. The van der Waals surface area contributed by atoms with Crippen molar-refractivity contribution in [3.8, 4) is 11.3 Å². The number of aromatic nitrogens is 2. The van der Waals surface area contributed by atoms with Crippen LogP contribution in [0.3, 0.4) is 0 Å². The van der Waals surface area contributed by atoms with Crippen LogP contribution in [-0.4, -0.2) is 15.5 Å². The highest BCUT2D eigenvalue weighted by Crippen LogP contribution is 2.29. The summed E-state index contributed by atoms with van der Waals surface area (Å²) in [7, 11) is 0. The van der Waals surface area contributed by atoms with Gasteiger partial charge in [0.05, 0.1) is 5.69 Å². The lowest BCUT2D eigenvalue weighted by Gasteiger charge is -2.07. The molecular formula is C18H19N3O2S2. The van der Waals surface area contributed by atoms with E-state index in [0.717, 1.165) is 33.9 Å². The lowest BCUT2D eigenvalue weighted by atomic mass is 9.99. The van der Waals surface area contributed by atoms with E-state index < -0.39 is 0 Å². The summed E-state index contributed by atoms with van der Waals surface area (Å²) in [6.07, 6.45) is 0. The van der Waals surface area contributed by atoms with Crippen molar-refractivity contribution in [1.29, 1.82) is 0 Å². The maximum atomic E-state index is 12.2. The number of anilines is 1. The Labute approximate surface area is 154 Å². The Bertz CT molecular complexity index is 998. The zero-order chi connectivity index (χ0) is 18.1. The molecule has 5 nitrogen and oxygen atoms in total. The minimum absolute atomic E-state index is 0.00570. The van der Waals surface area contributed by atoms with Gasteiger partial charge in [0.2, 0.25) is 5.91 Å². The zero-order valence-corrected chi connectivity index (χ0v) is 16.2. The lowest BCUT2D eigenvalue weighted by Crippen LogP contribution is -2.25. The standard InChI is InChI=1S/C18H19N3O2S2/c1-10-5-12(3)14(6-11(10)2)15-9-24-17(19-15)20-16(22)7-21-13(4)8-25-18(21)23/h5-6,8-9H,7H2,1-4H3,(H,19,20,22). The highest BCUT2D eigenvalue weighted by Gasteiger charge is 2.13.